The number of carbonyl (C=O) groups excluding carboxylic acids is 3. The van der Waals surface area contributed by atoms with Crippen molar-refractivity contribution in [1.29, 1.82) is 0 Å². The number of amides is 2. The van der Waals surface area contributed by atoms with E-state index in [-0.39, 0.29) is 29.6 Å². The van der Waals surface area contributed by atoms with E-state index in [1.165, 1.54) is 13.0 Å². The molecule has 2 amide bonds. The van der Waals surface area contributed by atoms with Gasteiger partial charge in [0.2, 0.25) is 5.91 Å². The van der Waals surface area contributed by atoms with Crippen LogP contribution in [-0.2, 0) is 25.7 Å². The maximum Gasteiger partial charge on any atom is 0.312 e. The van der Waals surface area contributed by atoms with Gasteiger partial charge in [0.15, 0.2) is 6.10 Å². The number of carbonyl (C=O) groups is 3. The summed E-state index contributed by atoms with van der Waals surface area (Å²) in [5, 5.41) is 2.53. The number of rotatable bonds is 6. The topological polar surface area (TPSA) is 75.7 Å². The Morgan fingerprint density at radius 3 is 2.69 bits per heavy atom. The van der Waals surface area contributed by atoms with E-state index in [2.05, 4.69) is 5.32 Å². The molecule has 0 saturated carbocycles. The molecule has 0 bridgehead atoms. The monoisotopic (exact) mass is 418 g/mol. The first-order valence-corrected chi connectivity index (χ1v) is 9.49. The maximum atomic E-state index is 13.1. The van der Waals surface area contributed by atoms with Crippen LogP contribution in [0.1, 0.15) is 18.9 Å². The lowest BCUT2D eigenvalue weighted by Gasteiger charge is -2.18. The molecule has 1 fully saturated rings. The van der Waals surface area contributed by atoms with Crippen LogP contribution in [0.5, 0.6) is 0 Å². The molecule has 1 N–H and O–H groups in total. The van der Waals surface area contributed by atoms with Crippen LogP contribution in [-0.4, -0.2) is 35.3 Å². The molecule has 3 rings (SSSR count). The second kappa shape index (κ2) is 9.05. The van der Waals surface area contributed by atoms with Gasteiger partial charge in [-0.2, -0.15) is 0 Å². The van der Waals surface area contributed by atoms with Crippen molar-refractivity contribution < 1.29 is 23.5 Å². The van der Waals surface area contributed by atoms with E-state index in [0.717, 1.165) is 17.7 Å². The molecule has 1 saturated heterocycles. The van der Waals surface area contributed by atoms with E-state index in [1.807, 2.05) is 30.3 Å². The van der Waals surface area contributed by atoms with Gasteiger partial charge in [-0.15, -0.1) is 0 Å². The van der Waals surface area contributed by atoms with Crippen LogP contribution in [0.4, 0.5) is 10.1 Å². The Morgan fingerprint density at radius 1 is 1.28 bits per heavy atom. The first-order chi connectivity index (χ1) is 13.8. The number of likely N-dealkylation sites (tertiary alicyclic amines) is 1. The lowest BCUT2D eigenvalue weighted by atomic mass is 10.1. The highest BCUT2D eigenvalue weighted by atomic mass is 35.5. The maximum absolute atomic E-state index is 13.1. The highest BCUT2D eigenvalue weighted by molar-refractivity contribution is 6.33. The summed E-state index contributed by atoms with van der Waals surface area (Å²) >= 11 is 5.88. The summed E-state index contributed by atoms with van der Waals surface area (Å²) < 4.78 is 18.3. The molecule has 29 heavy (non-hydrogen) atoms. The SMILES string of the molecule is C[C@H](OC(=O)[C@@H]1CC(=O)N(Cc2ccccc2)C1)C(=O)Nc1ccc(F)cc1Cl. The fourth-order valence-corrected chi connectivity index (χ4v) is 3.25. The van der Waals surface area contributed by atoms with Gasteiger partial charge in [-0.3, -0.25) is 14.4 Å². The summed E-state index contributed by atoms with van der Waals surface area (Å²) in [6.07, 6.45) is -1.05. The molecule has 6 nitrogen and oxygen atoms in total. The summed E-state index contributed by atoms with van der Waals surface area (Å²) in [5.41, 5.74) is 1.19. The van der Waals surface area contributed by atoms with Gasteiger partial charge in [-0.1, -0.05) is 41.9 Å². The number of benzene rings is 2. The highest BCUT2D eigenvalue weighted by Gasteiger charge is 2.36. The fourth-order valence-electron chi connectivity index (χ4n) is 3.04. The Labute approximate surface area is 172 Å². The summed E-state index contributed by atoms with van der Waals surface area (Å²) in [4.78, 5) is 38.5. The first-order valence-electron chi connectivity index (χ1n) is 9.11. The molecule has 2 aromatic carbocycles. The zero-order valence-electron chi connectivity index (χ0n) is 15.7. The van der Waals surface area contributed by atoms with Crippen LogP contribution in [0.3, 0.4) is 0 Å². The van der Waals surface area contributed by atoms with Gasteiger partial charge in [0.1, 0.15) is 5.82 Å². The number of esters is 1. The van der Waals surface area contributed by atoms with Crippen LogP contribution in [0, 0.1) is 11.7 Å². The molecule has 8 heteroatoms. The quantitative estimate of drug-likeness (QED) is 0.729. The number of hydrogen-bond donors (Lipinski definition) is 1. The van der Waals surface area contributed by atoms with E-state index in [0.29, 0.717) is 6.54 Å². The second-order valence-corrected chi connectivity index (χ2v) is 7.26. The average Bonchev–Trinajstić information content (AvgIpc) is 3.05. The minimum atomic E-state index is -1.10. The van der Waals surface area contributed by atoms with Crippen LogP contribution in [0.25, 0.3) is 0 Å². The third kappa shape index (κ3) is 5.32. The summed E-state index contributed by atoms with van der Waals surface area (Å²) in [6.45, 7) is 2.08. The van der Waals surface area contributed by atoms with Gasteiger partial charge in [0.25, 0.3) is 5.91 Å². The van der Waals surface area contributed by atoms with E-state index >= 15 is 0 Å². The lowest BCUT2D eigenvalue weighted by Crippen LogP contribution is -2.33. The molecule has 0 aliphatic carbocycles. The lowest BCUT2D eigenvalue weighted by molar-refractivity contribution is -0.157. The van der Waals surface area contributed by atoms with Crippen LogP contribution >= 0.6 is 11.6 Å². The van der Waals surface area contributed by atoms with Crippen molar-refractivity contribution in [3.63, 3.8) is 0 Å². The van der Waals surface area contributed by atoms with Crippen molar-refractivity contribution in [2.24, 2.45) is 5.92 Å². The van der Waals surface area contributed by atoms with Crippen molar-refractivity contribution in [2.45, 2.75) is 26.0 Å². The third-order valence-electron chi connectivity index (χ3n) is 4.62. The molecule has 0 spiro atoms. The zero-order chi connectivity index (χ0) is 21.0. The van der Waals surface area contributed by atoms with Crippen molar-refractivity contribution in [3.8, 4) is 0 Å². The Morgan fingerprint density at radius 2 is 2.00 bits per heavy atom. The van der Waals surface area contributed by atoms with Gasteiger partial charge in [-0.25, -0.2) is 4.39 Å². The Kier molecular flexibility index (Phi) is 6.49. The number of ether oxygens (including phenoxy) is 1. The Balaban J connectivity index is 1.54. The normalized spacial score (nSPS) is 17.1. The standard InChI is InChI=1S/C21H20ClFN2O4/c1-13(20(27)24-18-8-7-16(23)10-17(18)22)29-21(28)15-9-19(26)25(12-15)11-14-5-3-2-4-6-14/h2-8,10,13,15H,9,11-12H2,1H3,(H,24,27)/t13-,15+/m0/s1. The van der Waals surface area contributed by atoms with Crippen LogP contribution < -0.4 is 5.32 Å². The number of nitrogens with zero attached hydrogens (tertiary/aromatic N) is 1. The molecule has 1 aliphatic heterocycles. The predicted octanol–water partition coefficient (Wildman–Crippen LogP) is 3.40. The van der Waals surface area contributed by atoms with E-state index < -0.39 is 29.7 Å². The Bertz CT molecular complexity index is 922. The molecular formula is C21H20ClFN2O4. The molecule has 2 aromatic rings. The van der Waals surface area contributed by atoms with Crippen molar-refractivity contribution >= 4 is 35.1 Å². The first kappa shape index (κ1) is 20.8. The Hall–Kier alpha value is -2.93. The van der Waals surface area contributed by atoms with Gasteiger partial charge < -0.3 is 15.0 Å². The molecule has 2 atom stereocenters. The number of nitrogens with one attached hydrogen (secondary N) is 1. The zero-order valence-corrected chi connectivity index (χ0v) is 16.5. The minimum Gasteiger partial charge on any atom is -0.452 e. The van der Waals surface area contributed by atoms with E-state index in [4.69, 9.17) is 16.3 Å². The highest BCUT2D eigenvalue weighted by Crippen LogP contribution is 2.24. The smallest absolute Gasteiger partial charge is 0.312 e. The minimum absolute atomic E-state index is 0.0369. The third-order valence-corrected chi connectivity index (χ3v) is 4.93. The number of anilines is 1. The van der Waals surface area contributed by atoms with Crippen molar-refractivity contribution in [2.75, 3.05) is 11.9 Å². The van der Waals surface area contributed by atoms with E-state index in [1.54, 1.807) is 4.90 Å². The molecule has 1 heterocycles. The molecular weight excluding hydrogens is 399 g/mol. The van der Waals surface area contributed by atoms with Gasteiger partial charge in [0, 0.05) is 19.5 Å². The average molecular weight is 419 g/mol. The largest absolute Gasteiger partial charge is 0.452 e. The van der Waals surface area contributed by atoms with Crippen LogP contribution in [0.15, 0.2) is 48.5 Å². The number of halogens is 2. The van der Waals surface area contributed by atoms with Gasteiger partial charge in [-0.05, 0) is 30.7 Å². The second-order valence-electron chi connectivity index (χ2n) is 6.85. The fraction of sp³-hybridized carbons (Fsp3) is 0.286. The van der Waals surface area contributed by atoms with Gasteiger partial charge in [0.05, 0.1) is 16.6 Å². The molecule has 1 aliphatic rings. The van der Waals surface area contributed by atoms with Gasteiger partial charge >= 0.3 is 5.97 Å². The molecule has 0 unspecified atom stereocenters. The van der Waals surface area contributed by atoms with Crippen molar-refractivity contribution in [1.82, 2.24) is 4.90 Å². The molecule has 0 aromatic heterocycles. The summed E-state index contributed by atoms with van der Waals surface area (Å²) in [5.74, 6) is -2.50. The summed E-state index contributed by atoms with van der Waals surface area (Å²) in [6, 6.07) is 13.0. The summed E-state index contributed by atoms with van der Waals surface area (Å²) in [7, 11) is 0. The van der Waals surface area contributed by atoms with Crippen molar-refractivity contribution in [3.05, 3.63) is 64.9 Å². The number of hydrogen-bond acceptors (Lipinski definition) is 4. The predicted molar refractivity (Wildman–Crippen MR) is 106 cm³/mol. The molecule has 0 radical (unpaired) electrons. The van der Waals surface area contributed by atoms with Crippen LogP contribution in [0.2, 0.25) is 5.02 Å². The van der Waals surface area contributed by atoms with E-state index in [9.17, 15) is 18.8 Å². The molecule has 152 valence electrons.